The Bertz CT molecular complexity index is 442. The number of hydrogen-bond acceptors (Lipinski definition) is 1. The lowest BCUT2D eigenvalue weighted by molar-refractivity contribution is 0.473. The highest BCUT2D eigenvalue weighted by Gasteiger charge is 2.33. The van der Waals surface area contributed by atoms with Crippen molar-refractivity contribution in [2.45, 2.75) is 18.8 Å². The third kappa shape index (κ3) is 0.985. The van der Waals surface area contributed by atoms with Gasteiger partial charge in [-0.2, -0.15) is 0 Å². The van der Waals surface area contributed by atoms with E-state index in [9.17, 15) is 0 Å². The molecule has 14 heavy (non-hydrogen) atoms. The first-order valence-corrected chi connectivity index (χ1v) is 5.08. The fourth-order valence-electron chi connectivity index (χ4n) is 2.56. The van der Waals surface area contributed by atoms with E-state index < -0.39 is 0 Å². The monoisotopic (exact) mass is 183 g/mol. The third-order valence-corrected chi connectivity index (χ3v) is 3.24. The second-order valence-corrected chi connectivity index (χ2v) is 4.51. The van der Waals surface area contributed by atoms with Gasteiger partial charge in [0.05, 0.1) is 0 Å². The molecular formula is C13H13N. The summed E-state index contributed by atoms with van der Waals surface area (Å²) in [6.07, 6.45) is 5.44. The minimum atomic E-state index is 0.245. The number of nitrogens with zero attached hydrogens (tertiary/aromatic N) is 1. The summed E-state index contributed by atoms with van der Waals surface area (Å²) in [6, 6.07) is 8.67. The molecule has 1 heteroatoms. The highest BCUT2D eigenvalue weighted by Crippen LogP contribution is 2.40. The number of allylic oxidation sites excluding steroid dienone is 1. The van der Waals surface area contributed by atoms with Gasteiger partial charge in [-0.1, -0.05) is 31.2 Å². The summed E-state index contributed by atoms with van der Waals surface area (Å²) in [5.41, 5.74) is 4.45. The molecule has 1 aliphatic carbocycles. The molecular weight excluding hydrogens is 170 g/mol. The summed E-state index contributed by atoms with van der Waals surface area (Å²) in [7, 11) is 0. The smallest absolute Gasteiger partial charge is 0.0487 e. The quantitative estimate of drug-likeness (QED) is 0.586. The zero-order valence-electron chi connectivity index (χ0n) is 8.33. The van der Waals surface area contributed by atoms with Crippen molar-refractivity contribution in [3.63, 3.8) is 0 Å². The molecule has 1 aromatic rings. The molecule has 0 fully saturated rings. The van der Waals surface area contributed by atoms with Crippen LogP contribution < -0.4 is 0 Å². The van der Waals surface area contributed by atoms with E-state index in [1.165, 1.54) is 16.7 Å². The second-order valence-electron chi connectivity index (χ2n) is 4.51. The van der Waals surface area contributed by atoms with Gasteiger partial charge in [0, 0.05) is 18.2 Å². The van der Waals surface area contributed by atoms with Gasteiger partial charge in [0.2, 0.25) is 0 Å². The topological polar surface area (TPSA) is 12.4 Å². The minimum absolute atomic E-state index is 0.245. The highest BCUT2D eigenvalue weighted by atomic mass is 14.8. The normalized spacial score (nSPS) is 28.2. The number of rotatable bonds is 0. The van der Waals surface area contributed by atoms with Crippen molar-refractivity contribution in [2.24, 2.45) is 4.99 Å². The molecule has 1 atom stereocenters. The summed E-state index contributed by atoms with van der Waals surface area (Å²) in [4.78, 5) is 4.44. The average Bonchev–Trinajstić information content (AvgIpc) is 2.17. The average molecular weight is 183 g/mol. The van der Waals surface area contributed by atoms with E-state index in [0.717, 1.165) is 13.0 Å². The molecule has 2 aliphatic rings. The summed E-state index contributed by atoms with van der Waals surface area (Å²) >= 11 is 0. The zero-order chi connectivity index (χ0) is 9.60. The first-order chi connectivity index (χ1) is 6.78. The predicted molar refractivity (Wildman–Crippen MR) is 59.7 cm³/mol. The molecule has 0 saturated heterocycles. The molecule has 0 amide bonds. The van der Waals surface area contributed by atoms with E-state index >= 15 is 0 Å². The lowest BCUT2D eigenvalue weighted by Gasteiger charge is -2.36. The van der Waals surface area contributed by atoms with E-state index in [2.05, 4.69) is 42.3 Å². The molecule has 0 aromatic heterocycles. The van der Waals surface area contributed by atoms with Crippen LogP contribution in [-0.4, -0.2) is 12.8 Å². The molecule has 1 heterocycles. The maximum atomic E-state index is 4.44. The van der Waals surface area contributed by atoms with Crippen LogP contribution >= 0.6 is 0 Å². The standard InChI is InChI=1S/C13H13N/c1-13-7-10(8-14-9-13)6-11-4-2-3-5-12(11)13/h2-6,8H,7,9H2,1H3. The van der Waals surface area contributed by atoms with Gasteiger partial charge in [-0.25, -0.2) is 0 Å². The predicted octanol–water partition coefficient (Wildman–Crippen LogP) is 2.82. The van der Waals surface area contributed by atoms with Crippen molar-refractivity contribution in [2.75, 3.05) is 6.54 Å². The number of aliphatic imine (C=N–C) groups is 1. The Kier molecular flexibility index (Phi) is 1.46. The fraction of sp³-hybridized carbons (Fsp3) is 0.308. The Balaban J connectivity index is 2.29. The Morgan fingerprint density at radius 3 is 3.07 bits per heavy atom. The minimum Gasteiger partial charge on any atom is -0.292 e. The molecule has 0 N–H and O–H groups in total. The number of benzene rings is 1. The fourth-order valence-corrected chi connectivity index (χ4v) is 2.56. The van der Waals surface area contributed by atoms with Crippen molar-refractivity contribution in [3.05, 3.63) is 41.0 Å². The van der Waals surface area contributed by atoms with E-state index in [1.54, 1.807) is 0 Å². The summed E-state index contributed by atoms with van der Waals surface area (Å²) < 4.78 is 0. The van der Waals surface area contributed by atoms with Gasteiger partial charge in [-0.3, -0.25) is 4.99 Å². The molecule has 0 radical (unpaired) electrons. The largest absolute Gasteiger partial charge is 0.292 e. The van der Waals surface area contributed by atoms with Crippen molar-refractivity contribution in [3.8, 4) is 0 Å². The van der Waals surface area contributed by atoms with E-state index in [0.29, 0.717) is 0 Å². The maximum absolute atomic E-state index is 4.44. The molecule has 0 saturated carbocycles. The van der Waals surface area contributed by atoms with Gasteiger partial charge in [-0.15, -0.1) is 0 Å². The first-order valence-electron chi connectivity index (χ1n) is 5.08. The van der Waals surface area contributed by atoms with Gasteiger partial charge >= 0.3 is 0 Å². The van der Waals surface area contributed by atoms with Crippen LogP contribution in [0.15, 0.2) is 34.8 Å². The lowest BCUT2D eigenvalue weighted by Crippen LogP contribution is -2.32. The van der Waals surface area contributed by atoms with Crippen molar-refractivity contribution in [1.82, 2.24) is 0 Å². The van der Waals surface area contributed by atoms with E-state index in [1.807, 2.05) is 6.21 Å². The summed E-state index contributed by atoms with van der Waals surface area (Å²) in [6.45, 7) is 3.25. The molecule has 1 nitrogen and oxygen atoms in total. The van der Waals surface area contributed by atoms with Gasteiger partial charge < -0.3 is 0 Å². The first kappa shape index (κ1) is 7.98. The summed E-state index contributed by atoms with van der Waals surface area (Å²) in [5.74, 6) is 0. The molecule has 1 aromatic carbocycles. The molecule has 3 rings (SSSR count). The third-order valence-electron chi connectivity index (χ3n) is 3.24. The van der Waals surface area contributed by atoms with E-state index in [-0.39, 0.29) is 5.41 Å². The second kappa shape index (κ2) is 2.57. The lowest BCUT2D eigenvalue weighted by atomic mass is 9.70. The van der Waals surface area contributed by atoms with Crippen molar-refractivity contribution in [1.29, 1.82) is 0 Å². The Labute approximate surface area is 84.2 Å². The zero-order valence-corrected chi connectivity index (χ0v) is 8.33. The number of fused-ring (bicyclic) bond motifs is 4. The Morgan fingerprint density at radius 1 is 1.29 bits per heavy atom. The van der Waals surface area contributed by atoms with Crippen molar-refractivity contribution < 1.29 is 0 Å². The van der Waals surface area contributed by atoms with Crippen LogP contribution in [0.2, 0.25) is 0 Å². The number of hydrogen-bond donors (Lipinski definition) is 0. The van der Waals surface area contributed by atoms with Crippen molar-refractivity contribution >= 4 is 12.3 Å². The van der Waals surface area contributed by atoms with Crippen LogP contribution in [-0.2, 0) is 5.41 Å². The molecule has 1 unspecified atom stereocenters. The van der Waals surface area contributed by atoms with Crippen LogP contribution in [0.3, 0.4) is 0 Å². The molecule has 2 bridgehead atoms. The highest BCUT2D eigenvalue weighted by molar-refractivity contribution is 5.89. The van der Waals surface area contributed by atoms with Gasteiger partial charge in [-0.05, 0) is 29.2 Å². The van der Waals surface area contributed by atoms with Crippen LogP contribution in [0, 0.1) is 0 Å². The molecule has 70 valence electrons. The molecule has 1 aliphatic heterocycles. The van der Waals surface area contributed by atoms with Crippen LogP contribution in [0.5, 0.6) is 0 Å². The van der Waals surface area contributed by atoms with Gasteiger partial charge in [0.25, 0.3) is 0 Å². The Morgan fingerprint density at radius 2 is 2.14 bits per heavy atom. The van der Waals surface area contributed by atoms with Gasteiger partial charge in [0.15, 0.2) is 0 Å². The van der Waals surface area contributed by atoms with Crippen LogP contribution in [0.1, 0.15) is 24.5 Å². The molecule has 0 spiro atoms. The SMILES string of the molecule is CC12CN=CC(=Cc3ccccc31)C2. The Hall–Kier alpha value is -1.37. The van der Waals surface area contributed by atoms with Gasteiger partial charge in [0.1, 0.15) is 0 Å². The van der Waals surface area contributed by atoms with Crippen LogP contribution in [0.25, 0.3) is 6.08 Å². The summed E-state index contributed by atoms with van der Waals surface area (Å²) in [5, 5.41) is 0. The maximum Gasteiger partial charge on any atom is 0.0487 e. The van der Waals surface area contributed by atoms with E-state index in [4.69, 9.17) is 0 Å². The van der Waals surface area contributed by atoms with Crippen LogP contribution in [0.4, 0.5) is 0 Å².